The highest BCUT2D eigenvalue weighted by Crippen LogP contribution is 2.36. The zero-order chi connectivity index (χ0) is 13.2. The lowest BCUT2D eigenvalue weighted by molar-refractivity contribution is 0.0524. The maximum atomic E-state index is 5.51. The summed E-state index contributed by atoms with van der Waals surface area (Å²) >= 11 is 1.95. The second kappa shape index (κ2) is 5.90. The van der Waals surface area contributed by atoms with Gasteiger partial charge in [-0.25, -0.2) is 4.98 Å². The van der Waals surface area contributed by atoms with Gasteiger partial charge in [0.1, 0.15) is 5.01 Å². The number of nitrogens with one attached hydrogen (secondary N) is 1. The smallest absolute Gasteiger partial charge is 0.110 e. The van der Waals surface area contributed by atoms with Crippen LogP contribution in [0, 0.1) is 5.92 Å². The molecule has 3 rings (SSSR count). The molecule has 2 heterocycles. The van der Waals surface area contributed by atoms with E-state index in [1.807, 2.05) is 11.3 Å². The molecule has 0 amide bonds. The van der Waals surface area contributed by atoms with Gasteiger partial charge in [-0.1, -0.05) is 13.8 Å². The highest BCUT2D eigenvalue weighted by molar-refractivity contribution is 7.11. The standard InChI is InChI=1S/C15H24N2OS/c1-10(2)16-14(11-6-8-18-9-7-11)15-17-12-4-3-5-13(12)19-15/h10-11,14,16H,3-9H2,1-2H3. The Labute approximate surface area is 119 Å². The normalized spacial score (nSPS) is 21.8. The molecule has 2 aliphatic rings. The van der Waals surface area contributed by atoms with E-state index in [0.717, 1.165) is 26.1 Å². The predicted octanol–water partition coefficient (Wildman–Crippen LogP) is 3.10. The van der Waals surface area contributed by atoms with Crippen LogP contribution in [0.15, 0.2) is 0 Å². The largest absolute Gasteiger partial charge is 0.381 e. The zero-order valence-corrected chi connectivity index (χ0v) is 12.8. The molecule has 1 aromatic heterocycles. The summed E-state index contributed by atoms with van der Waals surface area (Å²) in [4.78, 5) is 6.47. The highest BCUT2D eigenvalue weighted by atomic mass is 32.1. The molecule has 0 radical (unpaired) electrons. The van der Waals surface area contributed by atoms with Crippen molar-refractivity contribution in [1.82, 2.24) is 10.3 Å². The van der Waals surface area contributed by atoms with Crippen molar-refractivity contribution >= 4 is 11.3 Å². The molecule has 0 aromatic carbocycles. The summed E-state index contributed by atoms with van der Waals surface area (Å²) < 4.78 is 5.51. The third-order valence-corrected chi connectivity index (χ3v) is 5.37. The Morgan fingerprint density at radius 1 is 1.26 bits per heavy atom. The molecule has 1 saturated heterocycles. The van der Waals surface area contributed by atoms with Gasteiger partial charge in [-0.15, -0.1) is 11.3 Å². The first-order valence-electron chi connectivity index (χ1n) is 7.56. The Kier molecular flexibility index (Phi) is 4.20. The van der Waals surface area contributed by atoms with Gasteiger partial charge >= 0.3 is 0 Å². The highest BCUT2D eigenvalue weighted by Gasteiger charge is 2.30. The van der Waals surface area contributed by atoms with Crippen molar-refractivity contribution in [2.45, 2.75) is 58.0 Å². The van der Waals surface area contributed by atoms with Gasteiger partial charge in [0.15, 0.2) is 0 Å². The maximum Gasteiger partial charge on any atom is 0.110 e. The van der Waals surface area contributed by atoms with Gasteiger partial charge in [0.05, 0.1) is 11.7 Å². The number of hydrogen-bond donors (Lipinski definition) is 1. The van der Waals surface area contributed by atoms with Crippen molar-refractivity contribution in [3.63, 3.8) is 0 Å². The van der Waals surface area contributed by atoms with Crippen molar-refractivity contribution in [3.8, 4) is 0 Å². The molecule has 19 heavy (non-hydrogen) atoms. The fourth-order valence-electron chi connectivity index (χ4n) is 3.16. The third-order valence-electron chi connectivity index (χ3n) is 4.13. The molecule has 1 atom stereocenters. The molecule has 3 nitrogen and oxygen atoms in total. The van der Waals surface area contributed by atoms with Crippen LogP contribution in [0.3, 0.4) is 0 Å². The van der Waals surface area contributed by atoms with E-state index in [1.54, 1.807) is 0 Å². The molecule has 0 bridgehead atoms. The maximum absolute atomic E-state index is 5.51. The molecule has 1 N–H and O–H groups in total. The van der Waals surface area contributed by atoms with E-state index < -0.39 is 0 Å². The average molecular weight is 280 g/mol. The Morgan fingerprint density at radius 2 is 2.05 bits per heavy atom. The van der Waals surface area contributed by atoms with Crippen LogP contribution >= 0.6 is 11.3 Å². The lowest BCUT2D eigenvalue weighted by atomic mass is 9.91. The molecule has 1 unspecified atom stereocenters. The second-order valence-electron chi connectivity index (χ2n) is 6.02. The third kappa shape index (κ3) is 3.01. The molecule has 1 fully saturated rings. The molecule has 0 spiro atoms. The summed E-state index contributed by atoms with van der Waals surface area (Å²) in [6, 6.07) is 0.936. The van der Waals surface area contributed by atoms with Crippen molar-refractivity contribution in [2.24, 2.45) is 5.92 Å². The number of rotatable bonds is 4. The first-order valence-corrected chi connectivity index (χ1v) is 8.38. The van der Waals surface area contributed by atoms with E-state index in [0.29, 0.717) is 18.0 Å². The minimum atomic E-state index is 0.430. The monoisotopic (exact) mass is 280 g/mol. The van der Waals surface area contributed by atoms with Gasteiger partial charge < -0.3 is 10.1 Å². The fraction of sp³-hybridized carbons (Fsp3) is 0.800. The fourth-order valence-corrected chi connectivity index (χ4v) is 4.47. The van der Waals surface area contributed by atoms with Crippen LogP contribution < -0.4 is 5.32 Å². The molecular formula is C15H24N2OS. The van der Waals surface area contributed by atoms with Gasteiger partial charge in [-0.3, -0.25) is 0 Å². The number of thiazole rings is 1. The van der Waals surface area contributed by atoms with Gasteiger partial charge in [0.2, 0.25) is 0 Å². The number of nitrogens with zero attached hydrogens (tertiary/aromatic N) is 1. The van der Waals surface area contributed by atoms with Crippen molar-refractivity contribution < 1.29 is 4.74 Å². The zero-order valence-electron chi connectivity index (χ0n) is 11.9. The first kappa shape index (κ1) is 13.5. The lowest BCUT2D eigenvalue weighted by Gasteiger charge is -2.31. The van der Waals surface area contributed by atoms with Gasteiger partial charge in [0, 0.05) is 24.1 Å². The Balaban J connectivity index is 1.80. The Hall–Kier alpha value is -0.450. The van der Waals surface area contributed by atoms with Crippen molar-refractivity contribution in [1.29, 1.82) is 0 Å². The van der Waals surface area contributed by atoms with Crippen LogP contribution in [0.1, 0.15) is 54.7 Å². The molecular weight excluding hydrogens is 256 g/mol. The van der Waals surface area contributed by atoms with Crippen LogP contribution in [-0.2, 0) is 17.6 Å². The van der Waals surface area contributed by atoms with Gasteiger partial charge in [-0.2, -0.15) is 0 Å². The Bertz CT molecular complexity index is 402. The number of aryl methyl sites for hydroxylation is 2. The van der Waals surface area contributed by atoms with Crippen LogP contribution in [0.5, 0.6) is 0 Å². The van der Waals surface area contributed by atoms with Crippen LogP contribution in [-0.4, -0.2) is 24.2 Å². The first-order chi connectivity index (χ1) is 9.24. The summed E-state index contributed by atoms with van der Waals surface area (Å²) in [5.74, 6) is 0.683. The molecule has 1 aliphatic heterocycles. The van der Waals surface area contributed by atoms with Crippen LogP contribution in [0.4, 0.5) is 0 Å². The quantitative estimate of drug-likeness (QED) is 0.920. The SMILES string of the molecule is CC(C)NC(c1nc2c(s1)CCC2)C1CCOCC1. The number of ether oxygens (including phenoxy) is 1. The molecule has 1 aliphatic carbocycles. The average Bonchev–Trinajstić information content (AvgIpc) is 2.97. The topological polar surface area (TPSA) is 34.2 Å². The van der Waals surface area contributed by atoms with Crippen molar-refractivity contribution in [3.05, 3.63) is 15.6 Å². The lowest BCUT2D eigenvalue weighted by Crippen LogP contribution is -2.36. The van der Waals surface area contributed by atoms with Crippen LogP contribution in [0.2, 0.25) is 0 Å². The molecule has 0 saturated carbocycles. The summed E-state index contributed by atoms with van der Waals surface area (Å²) in [6.45, 7) is 6.28. The summed E-state index contributed by atoms with van der Waals surface area (Å²) in [5, 5.41) is 5.07. The number of aromatic nitrogens is 1. The number of fused-ring (bicyclic) bond motifs is 1. The van der Waals surface area contributed by atoms with E-state index in [4.69, 9.17) is 9.72 Å². The van der Waals surface area contributed by atoms with E-state index in [2.05, 4.69) is 19.2 Å². The Morgan fingerprint density at radius 3 is 2.74 bits per heavy atom. The summed E-state index contributed by atoms with van der Waals surface area (Å²) in [7, 11) is 0. The molecule has 4 heteroatoms. The van der Waals surface area contributed by atoms with E-state index >= 15 is 0 Å². The van der Waals surface area contributed by atoms with E-state index in [-0.39, 0.29) is 0 Å². The van der Waals surface area contributed by atoms with Gasteiger partial charge in [-0.05, 0) is 38.0 Å². The molecule has 1 aromatic rings. The minimum Gasteiger partial charge on any atom is -0.381 e. The summed E-state index contributed by atoms with van der Waals surface area (Å²) in [5.41, 5.74) is 1.38. The van der Waals surface area contributed by atoms with Crippen molar-refractivity contribution in [2.75, 3.05) is 13.2 Å². The second-order valence-corrected chi connectivity index (χ2v) is 7.14. The van der Waals surface area contributed by atoms with Gasteiger partial charge in [0.25, 0.3) is 0 Å². The molecule has 106 valence electrons. The minimum absolute atomic E-state index is 0.430. The predicted molar refractivity (Wildman–Crippen MR) is 78.7 cm³/mol. The summed E-state index contributed by atoms with van der Waals surface area (Å²) in [6.07, 6.45) is 6.06. The van der Waals surface area contributed by atoms with Crippen LogP contribution in [0.25, 0.3) is 0 Å². The van der Waals surface area contributed by atoms with E-state index in [9.17, 15) is 0 Å². The number of hydrogen-bond acceptors (Lipinski definition) is 4. The van der Waals surface area contributed by atoms with E-state index in [1.165, 1.54) is 34.8 Å².